The number of ether oxygens (including phenoxy) is 1. The molecule has 0 aliphatic carbocycles. The van der Waals surface area contributed by atoms with Gasteiger partial charge in [0.15, 0.2) is 0 Å². The van der Waals surface area contributed by atoms with Crippen molar-refractivity contribution < 1.29 is 4.74 Å². The molecule has 8 heteroatoms. The predicted molar refractivity (Wildman–Crippen MR) is 215 cm³/mol. The van der Waals surface area contributed by atoms with Gasteiger partial charge in [0.05, 0.1) is 7.11 Å². The average molecular weight is 695 g/mol. The molecule has 0 N–H and O–H groups in total. The summed E-state index contributed by atoms with van der Waals surface area (Å²) in [7, 11) is 6.73. The molecular weight excluding hydrogens is 648 g/mol. The highest BCUT2D eigenvalue weighted by Crippen LogP contribution is 2.28. The summed E-state index contributed by atoms with van der Waals surface area (Å²) in [4.78, 5) is 0. The zero-order valence-corrected chi connectivity index (χ0v) is 31.7. The second-order valence-corrected chi connectivity index (χ2v) is 18.6. The molecule has 3 heterocycles. The fourth-order valence-corrected chi connectivity index (χ4v) is 11.2. The zero-order valence-electron chi connectivity index (χ0n) is 29.2. The topological polar surface area (TPSA) is 24.0 Å². The molecule has 0 bridgehead atoms. The Morgan fingerprint density at radius 3 is 1.48 bits per heavy atom. The number of para-hydroxylation sites is 3. The van der Waals surface area contributed by atoms with Crippen molar-refractivity contribution in [1.29, 1.82) is 0 Å². The van der Waals surface area contributed by atoms with E-state index < -0.39 is 13.6 Å². The van der Waals surface area contributed by atoms with Crippen LogP contribution in [-0.4, -0.2) is 34.4 Å². The van der Waals surface area contributed by atoms with Crippen LogP contribution in [0.5, 0.6) is 5.75 Å². The van der Waals surface area contributed by atoms with Gasteiger partial charge in [-0.1, -0.05) is 93.5 Å². The van der Waals surface area contributed by atoms with Crippen LogP contribution in [-0.2, 0) is 21.1 Å². The molecule has 7 aromatic rings. The van der Waals surface area contributed by atoms with Gasteiger partial charge in [-0.15, -0.1) is 0 Å². The summed E-state index contributed by atoms with van der Waals surface area (Å²) in [5.74, 6) is 0.887. The van der Waals surface area contributed by atoms with E-state index in [-0.39, 0.29) is 0 Å². The summed E-state index contributed by atoms with van der Waals surface area (Å²) in [6.45, 7) is 7.12. The number of hydrogen-bond donors (Lipinski definition) is 0. The molecule has 0 unspecified atom stereocenters. The van der Waals surface area contributed by atoms with Crippen molar-refractivity contribution >= 4 is 80.2 Å². The molecule has 7 rings (SSSR count). The standard InChI is InChI=1S/C16H15NO.C15H23NSi.C9H8BCl2N/c1-17-15-6-4-3-5-13(15)11-16(17)12-7-9-14(18-2)10-8-12;1-5-17(6-2,7-3)15-12-13-10-8-9-11-14(13)16(15)4;1-13-8-5-3-2-4-7(8)6-9(13)10(11)12/h3-11H,1-2H3;8-12H,5-7H2,1-4H3;2-6H,1H3. The van der Waals surface area contributed by atoms with E-state index in [9.17, 15) is 0 Å². The van der Waals surface area contributed by atoms with E-state index in [0.717, 1.165) is 16.9 Å². The first kappa shape index (κ1) is 35.5. The summed E-state index contributed by atoms with van der Waals surface area (Å²) >= 11 is 11.6. The molecule has 0 aliphatic heterocycles. The van der Waals surface area contributed by atoms with Crippen LogP contribution in [0.15, 0.2) is 115 Å². The smallest absolute Gasteiger partial charge is 0.398 e. The van der Waals surface area contributed by atoms with Gasteiger partial charge < -0.3 is 18.4 Å². The van der Waals surface area contributed by atoms with Crippen molar-refractivity contribution in [3.05, 3.63) is 115 Å². The molecule has 4 aromatic carbocycles. The maximum absolute atomic E-state index is 5.82. The Morgan fingerprint density at radius 2 is 1.04 bits per heavy atom. The second-order valence-electron chi connectivity index (χ2n) is 12.4. The molecule has 0 atom stereocenters. The Morgan fingerprint density at radius 1 is 0.583 bits per heavy atom. The van der Waals surface area contributed by atoms with Crippen LogP contribution in [0.3, 0.4) is 0 Å². The Kier molecular flexibility index (Phi) is 11.5. The lowest BCUT2D eigenvalue weighted by atomic mass is 10.0. The highest BCUT2D eigenvalue weighted by molar-refractivity contribution is 7.39. The normalized spacial score (nSPS) is 11.3. The van der Waals surface area contributed by atoms with E-state index in [4.69, 9.17) is 27.7 Å². The molecule has 0 amide bonds. The van der Waals surface area contributed by atoms with Crippen molar-refractivity contribution in [2.75, 3.05) is 7.11 Å². The number of halogens is 2. The third-order valence-electron chi connectivity index (χ3n) is 10.1. The zero-order chi connectivity index (χ0) is 34.4. The van der Waals surface area contributed by atoms with Crippen molar-refractivity contribution in [2.24, 2.45) is 21.1 Å². The first-order chi connectivity index (χ1) is 23.2. The van der Waals surface area contributed by atoms with E-state index >= 15 is 0 Å². The largest absolute Gasteiger partial charge is 0.497 e. The minimum atomic E-state index is -1.26. The van der Waals surface area contributed by atoms with Crippen molar-refractivity contribution in [2.45, 2.75) is 38.9 Å². The van der Waals surface area contributed by atoms with Crippen LogP contribution in [0, 0.1) is 0 Å². The van der Waals surface area contributed by atoms with E-state index in [0.29, 0.717) is 0 Å². The number of hydrogen-bond acceptors (Lipinski definition) is 1. The van der Waals surface area contributed by atoms with Gasteiger partial charge in [-0.25, -0.2) is 0 Å². The van der Waals surface area contributed by atoms with Crippen LogP contribution in [0.2, 0.25) is 18.1 Å². The molecule has 3 aromatic heterocycles. The van der Waals surface area contributed by atoms with Gasteiger partial charge >= 0.3 is 5.54 Å². The van der Waals surface area contributed by atoms with Gasteiger partial charge in [0.25, 0.3) is 0 Å². The van der Waals surface area contributed by atoms with Gasteiger partial charge in [-0.2, -0.15) is 22.9 Å². The van der Waals surface area contributed by atoms with Crippen LogP contribution in [0.1, 0.15) is 20.8 Å². The van der Waals surface area contributed by atoms with Gasteiger partial charge in [-0.3, -0.25) is 0 Å². The van der Waals surface area contributed by atoms with Crippen LogP contribution in [0.4, 0.5) is 0 Å². The number of rotatable bonds is 7. The van der Waals surface area contributed by atoms with Crippen molar-refractivity contribution in [1.82, 2.24) is 13.7 Å². The molecule has 248 valence electrons. The van der Waals surface area contributed by atoms with Gasteiger partial charge in [-0.05, 0) is 77.0 Å². The number of aryl methyl sites for hydroxylation is 3. The van der Waals surface area contributed by atoms with Crippen LogP contribution < -0.4 is 15.6 Å². The Hall–Kier alpha value is -3.84. The number of nitrogens with zero attached hydrogens (tertiary/aromatic N) is 3. The quantitative estimate of drug-likeness (QED) is 0.153. The van der Waals surface area contributed by atoms with Gasteiger partial charge in [0.2, 0.25) is 0 Å². The third kappa shape index (κ3) is 7.12. The second kappa shape index (κ2) is 15.6. The molecule has 0 aliphatic rings. The first-order valence-electron chi connectivity index (χ1n) is 16.7. The van der Waals surface area contributed by atoms with Crippen LogP contribution >= 0.6 is 22.9 Å². The number of methoxy groups -OCH3 is 1. The van der Waals surface area contributed by atoms with Crippen molar-refractivity contribution in [3.8, 4) is 17.0 Å². The summed E-state index contributed by atoms with van der Waals surface area (Å²) in [6, 6.07) is 44.2. The predicted octanol–water partition coefficient (Wildman–Crippen LogP) is 10.1. The lowest BCUT2D eigenvalue weighted by molar-refractivity contribution is 0.415. The monoisotopic (exact) mass is 693 g/mol. The highest BCUT2D eigenvalue weighted by Gasteiger charge is 2.32. The minimum absolute atomic E-state index is 0.461. The van der Waals surface area contributed by atoms with E-state index in [1.807, 2.05) is 41.9 Å². The van der Waals surface area contributed by atoms with E-state index in [1.165, 1.54) is 56.6 Å². The molecule has 0 spiro atoms. The van der Waals surface area contributed by atoms with E-state index in [2.05, 4.69) is 129 Å². The summed E-state index contributed by atoms with van der Waals surface area (Å²) < 4.78 is 11.9. The first-order valence-corrected chi connectivity index (χ1v) is 20.2. The summed E-state index contributed by atoms with van der Waals surface area (Å²) in [6.07, 6.45) is 0. The Bertz CT molecular complexity index is 2100. The minimum Gasteiger partial charge on any atom is -0.497 e. The van der Waals surface area contributed by atoms with Crippen LogP contribution in [0.25, 0.3) is 44.0 Å². The molecule has 4 nitrogen and oxygen atoms in total. The molecule has 0 saturated heterocycles. The fourth-order valence-electron chi connectivity index (χ4n) is 6.94. The lowest BCUT2D eigenvalue weighted by Crippen LogP contribution is -2.48. The number of fused-ring (bicyclic) bond motifs is 3. The molecule has 48 heavy (non-hydrogen) atoms. The number of aromatic nitrogens is 3. The molecule has 0 fully saturated rings. The Labute approximate surface area is 296 Å². The van der Waals surface area contributed by atoms with Crippen molar-refractivity contribution in [3.63, 3.8) is 0 Å². The maximum atomic E-state index is 5.82. The summed E-state index contributed by atoms with van der Waals surface area (Å²) in [5.41, 5.74) is 6.69. The molecular formula is C40H46BCl2N3OSi. The lowest BCUT2D eigenvalue weighted by Gasteiger charge is -2.28. The van der Waals surface area contributed by atoms with E-state index in [1.54, 1.807) is 12.4 Å². The SMILES string of the molecule is CC[Si](CC)(CC)c1cc2ccccc2n1C.COc1ccc(-c2cc3ccccc3n2C)cc1.Cn1c(B(Cl)Cl)cc2ccccc21. The Balaban J connectivity index is 0.000000143. The van der Waals surface area contributed by atoms with Gasteiger partial charge in [0.1, 0.15) is 13.8 Å². The summed E-state index contributed by atoms with van der Waals surface area (Å²) in [5, 5.41) is 5.47. The molecule has 0 saturated carbocycles. The highest BCUT2D eigenvalue weighted by atomic mass is 35.5. The number of benzene rings is 4. The molecule has 0 radical (unpaired) electrons. The third-order valence-corrected chi connectivity index (χ3v) is 16.1. The fraction of sp³-hybridized carbons (Fsp3) is 0.250. The van der Waals surface area contributed by atoms with Gasteiger partial charge in [0, 0.05) is 59.7 Å². The average Bonchev–Trinajstić information content (AvgIpc) is 3.77. The maximum Gasteiger partial charge on any atom is 0.398 e.